The van der Waals surface area contributed by atoms with Gasteiger partial charge in [0.2, 0.25) is 0 Å². The van der Waals surface area contributed by atoms with Crippen LogP contribution in [0.3, 0.4) is 0 Å². The second-order valence-electron chi connectivity index (χ2n) is 6.54. The van der Waals surface area contributed by atoms with Crippen molar-refractivity contribution in [2.24, 2.45) is 0 Å². The summed E-state index contributed by atoms with van der Waals surface area (Å²) in [6.07, 6.45) is 2.52. The number of nitrogens with zero attached hydrogens (tertiary/aromatic N) is 1. The van der Waals surface area contributed by atoms with Gasteiger partial charge in [0.05, 0.1) is 32.3 Å². The van der Waals surface area contributed by atoms with Crippen LogP contribution in [0.25, 0.3) is 6.08 Å². The number of methoxy groups -OCH3 is 2. The molecule has 2 aromatic carbocycles. The standard InChI is InChI=1S/C23H25NO5S2/c1-4-24-22(25)21(31-23(24)30)15-16-10-11-19(20(14-16)27-3)29-13-7-12-28-18-9-6-5-8-17(18)26-2/h5-6,8-11,14-15H,4,7,12-13H2,1-3H3/b21-15+. The zero-order chi connectivity index (χ0) is 22.2. The molecule has 0 bridgehead atoms. The molecule has 1 amide bonds. The summed E-state index contributed by atoms with van der Waals surface area (Å²) in [5.41, 5.74) is 0.848. The molecular formula is C23H25NO5S2. The van der Waals surface area contributed by atoms with Crippen LogP contribution in [0.4, 0.5) is 0 Å². The van der Waals surface area contributed by atoms with Crippen LogP contribution in [0.5, 0.6) is 23.0 Å². The van der Waals surface area contributed by atoms with Crippen molar-refractivity contribution in [2.45, 2.75) is 13.3 Å². The van der Waals surface area contributed by atoms with Gasteiger partial charge in [-0.05, 0) is 42.8 Å². The van der Waals surface area contributed by atoms with E-state index in [1.54, 1.807) is 19.1 Å². The van der Waals surface area contributed by atoms with E-state index in [0.717, 1.165) is 5.56 Å². The average Bonchev–Trinajstić information content (AvgIpc) is 3.06. The van der Waals surface area contributed by atoms with Gasteiger partial charge < -0.3 is 18.9 Å². The van der Waals surface area contributed by atoms with Crippen LogP contribution in [0.2, 0.25) is 0 Å². The smallest absolute Gasteiger partial charge is 0.266 e. The Balaban J connectivity index is 1.56. The molecule has 0 unspecified atom stereocenters. The molecule has 0 saturated carbocycles. The molecule has 1 aliphatic heterocycles. The summed E-state index contributed by atoms with van der Waals surface area (Å²) in [6, 6.07) is 13.1. The number of rotatable bonds is 10. The Labute approximate surface area is 192 Å². The van der Waals surface area contributed by atoms with Crippen molar-refractivity contribution < 1.29 is 23.7 Å². The lowest BCUT2D eigenvalue weighted by atomic mass is 10.2. The SMILES string of the molecule is CCN1C(=O)/C(=C\c2ccc(OCCCOc3ccccc3OC)c(OC)c2)SC1=S. The van der Waals surface area contributed by atoms with Gasteiger partial charge in [-0.1, -0.05) is 42.2 Å². The van der Waals surface area contributed by atoms with Gasteiger partial charge >= 0.3 is 0 Å². The minimum atomic E-state index is -0.0631. The van der Waals surface area contributed by atoms with Crippen LogP contribution >= 0.6 is 24.0 Å². The summed E-state index contributed by atoms with van der Waals surface area (Å²) in [4.78, 5) is 14.6. The van der Waals surface area contributed by atoms with Crippen molar-refractivity contribution in [3.05, 3.63) is 52.9 Å². The largest absolute Gasteiger partial charge is 0.493 e. The Kier molecular flexibility index (Phi) is 8.20. The predicted molar refractivity (Wildman–Crippen MR) is 127 cm³/mol. The van der Waals surface area contributed by atoms with Crippen LogP contribution in [0.1, 0.15) is 18.9 Å². The first kappa shape index (κ1) is 23.0. The first-order valence-corrected chi connectivity index (χ1v) is 11.1. The lowest BCUT2D eigenvalue weighted by Crippen LogP contribution is -2.27. The monoisotopic (exact) mass is 459 g/mol. The molecule has 1 heterocycles. The van der Waals surface area contributed by atoms with Crippen molar-refractivity contribution in [3.8, 4) is 23.0 Å². The number of hydrogen-bond acceptors (Lipinski definition) is 7. The third-order valence-electron chi connectivity index (χ3n) is 4.55. The first-order valence-electron chi connectivity index (χ1n) is 9.89. The maximum Gasteiger partial charge on any atom is 0.266 e. The van der Waals surface area contributed by atoms with Gasteiger partial charge in [0.1, 0.15) is 4.32 Å². The van der Waals surface area contributed by atoms with Gasteiger partial charge in [-0.3, -0.25) is 9.69 Å². The molecule has 0 aromatic heterocycles. The highest BCUT2D eigenvalue weighted by Crippen LogP contribution is 2.34. The normalized spacial score (nSPS) is 14.8. The second kappa shape index (κ2) is 11.1. The maximum atomic E-state index is 12.4. The highest BCUT2D eigenvalue weighted by Gasteiger charge is 2.30. The van der Waals surface area contributed by atoms with Crippen LogP contribution in [0, 0.1) is 0 Å². The molecular weight excluding hydrogens is 434 g/mol. The number of amides is 1. The zero-order valence-corrected chi connectivity index (χ0v) is 19.4. The van der Waals surface area contributed by atoms with Crippen molar-refractivity contribution in [1.29, 1.82) is 0 Å². The summed E-state index contributed by atoms with van der Waals surface area (Å²) >= 11 is 6.57. The molecule has 2 aromatic rings. The van der Waals surface area contributed by atoms with Crippen LogP contribution < -0.4 is 18.9 Å². The highest BCUT2D eigenvalue weighted by molar-refractivity contribution is 8.26. The zero-order valence-electron chi connectivity index (χ0n) is 17.8. The topological polar surface area (TPSA) is 57.2 Å². The Morgan fingerprint density at radius 1 is 0.968 bits per heavy atom. The molecule has 1 fully saturated rings. The molecule has 3 rings (SSSR count). The summed E-state index contributed by atoms with van der Waals surface area (Å²) in [7, 11) is 3.21. The van der Waals surface area contributed by atoms with E-state index in [0.29, 0.717) is 58.4 Å². The number of ether oxygens (including phenoxy) is 4. The molecule has 1 saturated heterocycles. The minimum Gasteiger partial charge on any atom is -0.493 e. The van der Waals surface area contributed by atoms with E-state index < -0.39 is 0 Å². The molecule has 0 radical (unpaired) electrons. The van der Waals surface area contributed by atoms with E-state index in [-0.39, 0.29) is 5.91 Å². The summed E-state index contributed by atoms with van der Waals surface area (Å²) in [5, 5.41) is 0. The number of hydrogen-bond donors (Lipinski definition) is 0. The summed E-state index contributed by atoms with van der Waals surface area (Å²) in [5.74, 6) is 2.59. The van der Waals surface area contributed by atoms with E-state index in [1.165, 1.54) is 11.8 Å². The van der Waals surface area contributed by atoms with Crippen molar-refractivity contribution in [2.75, 3.05) is 34.0 Å². The Morgan fingerprint density at radius 2 is 1.61 bits per heavy atom. The first-order chi connectivity index (χ1) is 15.1. The third-order valence-corrected chi connectivity index (χ3v) is 5.93. The fourth-order valence-electron chi connectivity index (χ4n) is 2.98. The average molecular weight is 460 g/mol. The number of carbonyl (C=O) groups excluding carboxylic acids is 1. The summed E-state index contributed by atoms with van der Waals surface area (Å²) in [6.45, 7) is 3.45. The van der Waals surface area contributed by atoms with Crippen molar-refractivity contribution >= 4 is 40.3 Å². The number of likely N-dealkylation sites (N-methyl/N-ethyl adjacent to an activating group) is 1. The number of thioether (sulfide) groups is 1. The number of thiocarbonyl (C=S) groups is 1. The van der Waals surface area contributed by atoms with Crippen LogP contribution in [0.15, 0.2) is 47.4 Å². The fourth-order valence-corrected chi connectivity index (χ4v) is 4.36. The van der Waals surface area contributed by atoms with Crippen molar-refractivity contribution in [1.82, 2.24) is 4.90 Å². The molecule has 0 aliphatic carbocycles. The maximum absolute atomic E-state index is 12.4. The molecule has 164 valence electrons. The highest BCUT2D eigenvalue weighted by atomic mass is 32.2. The van der Waals surface area contributed by atoms with E-state index in [2.05, 4.69) is 0 Å². The van der Waals surface area contributed by atoms with Gasteiger partial charge in [0, 0.05) is 13.0 Å². The van der Waals surface area contributed by atoms with Gasteiger partial charge in [-0.2, -0.15) is 0 Å². The van der Waals surface area contributed by atoms with E-state index in [4.69, 9.17) is 31.2 Å². The minimum absolute atomic E-state index is 0.0631. The van der Waals surface area contributed by atoms with Crippen LogP contribution in [-0.2, 0) is 4.79 Å². The van der Waals surface area contributed by atoms with Gasteiger partial charge in [0.25, 0.3) is 5.91 Å². The molecule has 8 heteroatoms. The second-order valence-corrected chi connectivity index (χ2v) is 8.21. The lowest BCUT2D eigenvalue weighted by molar-refractivity contribution is -0.121. The van der Waals surface area contributed by atoms with Gasteiger partial charge in [0.15, 0.2) is 23.0 Å². The molecule has 0 N–H and O–H groups in total. The Hall–Kier alpha value is -2.71. The number of para-hydroxylation sites is 2. The Bertz CT molecular complexity index is 976. The Morgan fingerprint density at radius 3 is 2.23 bits per heavy atom. The quantitative estimate of drug-likeness (QED) is 0.288. The molecule has 0 atom stereocenters. The van der Waals surface area contributed by atoms with Crippen molar-refractivity contribution in [3.63, 3.8) is 0 Å². The van der Waals surface area contributed by atoms with E-state index in [1.807, 2.05) is 55.5 Å². The van der Waals surface area contributed by atoms with E-state index >= 15 is 0 Å². The molecule has 31 heavy (non-hydrogen) atoms. The molecule has 6 nitrogen and oxygen atoms in total. The van der Waals surface area contributed by atoms with Gasteiger partial charge in [-0.25, -0.2) is 0 Å². The number of carbonyl (C=O) groups is 1. The van der Waals surface area contributed by atoms with E-state index in [9.17, 15) is 4.79 Å². The van der Waals surface area contributed by atoms with Gasteiger partial charge in [-0.15, -0.1) is 0 Å². The van der Waals surface area contributed by atoms with Crippen LogP contribution in [-0.4, -0.2) is 49.1 Å². The molecule has 0 spiro atoms. The third kappa shape index (κ3) is 5.71. The lowest BCUT2D eigenvalue weighted by Gasteiger charge is -2.13. The fraction of sp³-hybridized carbons (Fsp3) is 0.304. The predicted octanol–water partition coefficient (Wildman–Crippen LogP) is 4.77. The summed E-state index contributed by atoms with van der Waals surface area (Å²) < 4.78 is 22.9. The molecule has 1 aliphatic rings. The number of benzene rings is 2.